The molecule has 1 aromatic carbocycles. The number of guanidine groups is 1. The molecule has 1 aliphatic heterocycles. The van der Waals surface area contributed by atoms with E-state index in [4.69, 9.17) is 0 Å². The van der Waals surface area contributed by atoms with Crippen molar-refractivity contribution < 1.29 is 0 Å². The Morgan fingerprint density at radius 3 is 2.43 bits per heavy atom. The Hall–Kier alpha value is -0.820. The summed E-state index contributed by atoms with van der Waals surface area (Å²) in [5, 5.41) is 3.51. The van der Waals surface area contributed by atoms with Crippen LogP contribution in [0.25, 0.3) is 0 Å². The molecular formula is C16H27IN4. The van der Waals surface area contributed by atoms with Crippen molar-refractivity contribution in [2.75, 3.05) is 39.8 Å². The third-order valence-electron chi connectivity index (χ3n) is 3.95. The molecule has 1 unspecified atom stereocenters. The Bertz CT molecular complexity index is 431. The molecule has 1 heterocycles. The van der Waals surface area contributed by atoms with E-state index in [1.54, 1.807) is 0 Å². The van der Waals surface area contributed by atoms with Gasteiger partial charge in [0.2, 0.25) is 0 Å². The maximum atomic E-state index is 4.51. The van der Waals surface area contributed by atoms with Gasteiger partial charge in [-0.3, -0.25) is 9.89 Å². The lowest BCUT2D eigenvalue weighted by atomic mass is 10.1. The van der Waals surface area contributed by atoms with Gasteiger partial charge in [-0.1, -0.05) is 44.2 Å². The Morgan fingerprint density at radius 2 is 1.90 bits per heavy atom. The Morgan fingerprint density at radius 1 is 1.24 bits per heavy atom. The summed E-state index contributed by atoms with van der Waals surface area (Å²) >= 11 is 0. The molecule has 0 fully saturated rings. The zero-order valence-corrected chi connectivity index (χ0v) is 15.6. The lowest BCUT2D eigenvalue weighted by molar-refractivity contribution is 0.218. The third-order valence-corrected chi connectivity index (χ3v) is 3.95. The van der Waals surface area contributed by atoms with Gasteiger partial charge in [-0.25, -0.2) is 0 Å². The van der Waals surface area contributed by atoms with Crippen LogP contribution in [0.3, 0.4) is 0 Å². The summed E-state index contributed by atoms with van der Waals surface area (Å²) < 4.78 is 0. The van der Waals surface area contributed by atoms with E-state index in [1.807, 2.05) is 0 Å². The molecule has 0 radical (unpaired) electrons. The highest BCUT2D eigenvalue weighted by atomic mass is 127. The monoisotopic (exact) mass is 402 g/mol. The molecule has 1 aromatic rings. The first-order valence-electron chi connectivity index (χ1n) is 7.54. The molecule has 0 saturated heterocycles. The zero-order chi connectivity index (χ0) is 14.4. The van der Waals surface area contributed by atoms with Crippen LogP contribution in [0, 0.1) is 0 Å². The van der Waals surface area contributed by atoms with Gasteiger partial charge >= 0.3 is 0 Å². The summed E-state index contributed by atoms with van der Waals surface area (Å²) in [5.41, 5.74) is 1.37. The third kappa shape index (κ3) is 4.85. The fourth-order valence-corrected chi connectivity index (χ4v) is 2.71. The van der Waals surface area contributed by atoms with Gasteiger partial charge in [0.1, 0.15) is 0 Å². The van der Waals surface area contributed by atoms with E-state index in [1.165, 1.54) is 5.56 Å². The minimum Gasteiger partial charge on any atom is -0.354 e. The maximum absolute atomic E-state index is 4.51. The van der Waals surface area contributed by atoms with E-state index in [0.29, 0.717) is 6.04 Å². The number of rotatable bonds is 6. The van der Waals surface area contributed by atoms with Crippen molar-refractivity contribution in [1.29, 1.82) is 0 Å². The van der Waals surface area contributed by atoms with Crippen LogP contribution >= 0.6 is 24.0 Å². The van der Waals surface area contributed by atoms with E-state index in [9.17, 15) is 0 Å². The Kier molecular flexibility index (Phi) is 8.03. The summed E-state index contributed by atoms with van der Waals surface area (Å²) in [6, 6.07) is 11.1. The number of nitrogens with zero attached hydrogens (tertiary/aromatic N) is 3. The van der Waals surface area contributed by atoms with Gasteiger partial charge in [-0.05, 0) is 18.7 Å². The van der Waals surface area contributed by atoms with Crippen molar-refractivity contribution in [3.05, 3.63) is 35.9 Å². The molecule has 5 heteroatoms. The fourth-order valence-electron chi connectivity index (χ4n) is 2.71. The van der Waals surface area contributed by atoms with Gasteiger partial charge in [-0.15, -0.1) is 24.0 Å². The van der Waals surface area contributed by atoms with Crippen LogP contribution in [-0.2, 0) is 0 Å². The predicted octanol–water partition coefficient (Wildman–Crippen LogP) is 2.58. The van der Waals surface area contributed by atoms with Crippen LogP contribution in [0.2, 0.25) is 0 Å². The molecule has 1 aliphatic rings. The number of halogens is 1. The Balaban J connectivity index is 0.00000220. The molecule has 2 rings (SSSR count). The summed E-state index contributed by atoms with van der Waals surface area (Å²) in [6.07, 6.45) is 0. The van der Waals surface area contributed by atoms with Crippen molar-refractivity contribution in [1.82, 2.24) is 15.1 Å². The molecule has 1 N–H and O–H groups in total. The molecule has 0 amide bonds. The van der Waals surface area contributed by atoms with E-state index in [0.717, 1.165) is 38.7 Å². The number of aliphatic imine (C=N–C) groups is 1. The number of likely N-dealkylation sites (N-methyl/N-ethyl adjacent to an activating group) is 2. The molecule has 0 aliphatic carbocycles. The molecule has 0 bridgehead atoms. The first-order valence-corrected chi connectivity index (χ1v) is 7.54. The summed E-state index contributed by atoms with van der Waals surface area (Å²) in [6.45, 7) is 9.37. The maximum Gasteiger partial charge on any atom is 0.193 e. The highest BCUT2D eigenvalue weighted by molar-refractivity contribution is 14.0. The van der Waals surface area contributed by atoms with Crippen LogP contribution < -0.4 is 5.32 Å². The quantitative estimate of drug-likeness (QED) is 0.743. The van der Waals surface area contributed by atoms with Crippen LogP contribution in [0.4, 0.5) is 0 Å². The minimum absolute atomic E-state index is 0. The topological polar surface area (TPSA) is 30.9 Å². The van der Waals surface area contributed by atoms with Crippen LogP contribution in [0.5, 0.6) is 0 Å². The largest absolute Gasteiger partial charge is 0.354 e. The van der Waals surface area contributed by atoms with Gasteiger partial charge in [0.15, 0.2) is 5.96 Å². The first kappa shape index (κ1) is 18.2. The van der Waals surface area contributed by atoms with Gasteiger partial charge in [-0.2, -0.15) is 0 Å². The summed E-state index contributed by atoms with van der Waals surface area (Å²) in [4.78, 5) is 9.18. The van der Waals surface area contributed by atoms with E-state index in [-0.39, 0.29) is 24.0 Å². The molecule has 0 spiro atoms. The predicted molar refractivity (Wildman–Crippen MR) is 100 cm³/mol. The highest BCUT2D eigenvalue weighted by Crippen LogP contribution is 2.19. The second-order valence-electron chi connectivity index (χ2n) is 5.16. The van der Waals surface area contributed by atoms with Crippen LogP contribution in [0.1, 0.15) is 25.5 Å². The molecule has 21 heavy (non-hydrogen) atoms. The van der Waals surface area contributed by atoms with Gasteiger partial charge < -0.3 is 10.2 Å². The van der Waals surface area contributed by atoms with Crippen molar-refractivity contribution >= 4 is 29.9 Å². The smallest absolute Gasteiger partial charge is 0.193 e. The van der Waals surface area contributed by atoms with Crippen molar-refractivity contribution in [2.24, 2.45) is 4.99 Å². The Labute approximate surface area is 145 Å². The SMILES string of the molecule is CCN(CC)C(CNC1=NCCN1C)c1ccccc1.I. The van der Waals surface area contributed by atoms with Crippen molar-refractivity contribution in [2.45, 2.75) is 19.9 Å². The molecule has 0 saturated carbocycles. The lowest BCUT2D eigenvalue weighted by Gasteiger charge is -2.31. The van der Waals surface area contributed by atoms with Crippen molar-refractivity contribution in [3.63, 3.8) is 0 Å². The number of nitrogens with one attached hydrogen (secondary N) is 1. The normalized spacial score (nSPS) is 15.6. The number of hydrogen-bond acceptors (Lipinski definition) is 4. The second-order valence-corrected chi connectivity index (χ2v) is 5.16. The van der Waals surface area contributed by atoms with E-state index < -0.39 is 0 Å². The van der Waals surface area contributed by atoms with Gasteiger partial charge in [0.05, 0.1) is 12.6 Å². The van der Waals surface area contributed by atoms with Crippen LogP contribution in [0.15, 0.2) is 35.3 Å². The van der Waals surface area contributed by atoms with Crippen LogP contribution in [-0.4, -0.2) is 55.5 Å². The van der Waals surface area contributed by atoms with E-state index in [2.05, 4.69) is 71.3 Å². The van der Waals surface area contributed by atoms with Gasteiger partial charge in [0, 0.05) is 20.1 Å². The first-order chi connectivity index (χ1) is 9.76. The lowest BCUT2D eigenvalue weighted by Crippen LogP contribution is -2.42. The van der Waals surface area contributed by atoms with Gasteiger partial charge in [0.25, 0.3) is 0 Å². The highest BCUT2D eigenvalue weighted by Gasteiger charge is 2.20. The number of benzene rings is 1. The molecule has 1 atom stereocenters. The number of hydrogen-bond donors (Lipinski definition) is 1. The second kappa shape index (κ2) is 9.25. The van der Waals surface area contributed by atoms with Crippen molar-refractivity contribution in [3.8, 4) is 0 Å². The fraction of sp³-hybridized carbons (Fsp3) is 0.562. The average molecular weight is 402 g/mol. The average Bonchev–Trinajstić information content (AvgIpc) is 2.90. The van der Waals surface area contributed by atoms with E-state index >= 15 is 0 Å². The summed E-state index contributed by atoms with van der Waals surface area (Å²) in [7, 11) is 2.09. The summed E-state index contributed by atoms with van der Waals surface area (Å²) in [5.74, 6) is 1.03. The molecular weight excluding hydrogens is 375 g/mol. The zero-order valence-electron chi connectivity index (χ0n) is 13.2. The minimum atomic E-state index is 0. The molecule has 118 valence electrons. The molecule has 0 aromatic heterocycles. The standard InChI is InChI=1S/C16H26N4.HI/c1-4-20(5-2)15(14-9-7-6-8-10-14)13-18-16-17-11-12-19(16)3;/h6-10,15H,4-5,11-13H2,1-3H3,(H,17,18);1H. The molecule has 4 nitrogen and oxygen atoms in total.